The summed E-state index contributed by atoms with van der Waals surface area (Å²) in [7, 11) is 0. The fourth-order valence-corrected chi connectivity index (χ4v) is 9.21. The molecule has 0 aliphatic carbocycles. The van der Waals surface area contributed by atoms with Crippen LogP contribution >= 0.6 is 0 Å². The molecule has 0 radical (unpaired) electrons. The van der Waals surface area contributed by atoms with Crippen LogP contribution in [-0.4, -0.2) is 37.2 Å². The highest BCUT2D eigenvalue weighted by atomic mass is 16.6. The maximum atomic E-state index is 13.0. The van der Waals surface area contributed by atoms with E-state index in [1.165, 1.54) is 116 Å². The van der Waals surface area contributed by atoms with Gasteiger partial charge in [0.05, 0.1) is 0 Å². The summed E-state index contributed by atoms with van der Waals surface area (Å²) in [6.45, 7) is 6.31. The Balaban J connectivity index is 4.37. The Morgan fingerprint density at radius 1 is 0.247 bits per heavy atom. The molecule has 0 saturated heterocycles. The SMILES string of the molecule is CC/C=C\C/C=C\C/C=C\C/C=C\CCCCCCCCCCCCCCC(=O)OCC(COC(=O)CCCCCCC/C=C\C/C=C\C/C=C\CC)OC(=O)CCCCCCCCCCCC/C=C\C/C=C\C/C=C\C/C=C\CC. The molecule has 6 heteroatoms. The van der Waals surface area contributed by atoms with Gasteiger partial charge in [0.15, 0.2) is 6.10 Å². The molecule has 0 rings (SSSR count). The highest BCUT2D eigenvalue weighted by Gasteiger charge is 2.19. The minimum atomic E-state index is -0.795. The fourth-order valence-electron chi connectivity index (χ4n) is 9.21. The van der Waals surface area contributed by atoms with Gasteiger partial charge in [-0.3, -0.25) is 14.4 Å². The van der Waals surface area contributed by atoms with Crippen molar-refractivity contribution in [2.24, 2.45) is 0 Å². The summed E-state index contributed by atoms with van der Waals surface area (Å²) in [5.74, 6) is -0.906. The van der Waals surface area contributed by atoms with Gasteiger partial charge in [0.25, 0.3) is 0 Å². The van der Waals surface area contributed by atoms with E-state index in [0.29, 0.717) is 19.3 Å². The van der Waals surface area contributed by atoms with Crippen molar-refractivity contribution >= 4 is 17.9 Å². The lowest BCUT2D eigenvalue weighted by atomic mass is 10.0. The van der Waals surface area contributed by atoms with E-state index in [4.69, 9.17) is 14.2 Å². The predicted octanol–water partition coefficient (Wildman–Crippen LogP) is 23.3. The Bertz CT molecular complexity index is 1720. The first-order chi connectivity index (χ1) is 40.0. The van der Waals surface area contributed by atoms with E-state index in [9.17, 15) is 14.4 Å². The average molecular weight is 1120 g/mol. The summed E-state index contributed by atoms with van der Waals surface area (Å²) in [4.78, 5) is 38.4. The zero-order valence-electron chi connectivity index (χ0n) is 52.8. The molecular weight excluding hydrogens is 997 g/mol. The van der Waals surface area contributed by atoms with E-state index < -0.39 is 6.10 Å². The minimum absolute atomic E-state index is 0.0887. The van der Waals surface area contributed by atoms with Gasteiger partial charge in [0.1, 0.15) is 13.2 Å². The first kappa shape index (κ1) is 76.5. The van der Waals surface area contributed by atoms with Crippen LogP contribution in [0, 0.1) is 0 Å². The Hall–Kier alpha value is -4.45. The van der Waals surface area contributed by atoms with Crippen LogP contribution in [-0.2, 0) is 28.6 Å². The van der Waals surface area contributed by atoms with Crippen molar-refractivity contribution in [3.05, 3.63) is 134 Å². The number of ether oxygens (including phenoxy) is 3. The van der Waals surface area contributed by atoms with E-state index in [0.717, 1.165) is 148 Å². The third-order valence-electron chi connectivity index (χ3n) is 14.1. The largest absolute Gasteiger partial charge is 0.462 e. The van der Waals surface area contributed by atoms with Gasteiger partial charge in [-0.25, -0.2) is 0 Å². The van der Waals surface area contributed by atoms with E-state index in [2.05, 4.69) is 154 Å². The lowest BCUT2D eigenvalue weighted by molar-refractivity contribution is -0.167. The van der Waals surface area contributed by atoms with Gasteiger partial charge in [-0.2, -0.15) is 0 Å². The third kappa shape index (κ3) is 66.2. The molecule has 0 fully saturated rings. The Morgan fingerprint density at radius 2 is 0.444 bits per heavy atom. The number of carbonyl (C=O) groups is 3. The van der Waals surface area contributed by atoms with Gasteiger partial charge in [0.2, 0.25) is 0 Å². The monoisotopic (exact) mass is 1120 g/mol. The van der Waals surface area contributed by atoms with Gasteiger partial charge in [-0.15, -0.1) is 0 Å². The number of carbonyl (C=O) groups excluding carboxylic acids is 3. The molecular formula is C75H124O6. The molecule has 0 aromatic carbocycles. The molecule has 0 aromatic rings. The van der Waals surface area contributed by atoms with Crippen molar-refractivity contribution in [2.45, 2.75) is 309 Å². The molecule has 81 heavy (non-hydrogen) atoms. The Morgan fingerprint density at radius 3 is 0.691 bits per heavy atom. The van der Waals surface area contributed by atoms with Gasteiger partial charge in [0, 0.05) is 19.3 Å². The molecule has 0 amide bonds. The number of allylic oxidation sites excluding steroid dienone is 22. The maximum absolute atomic E-state index is 13.0. The molecule has 0 saturated carbocycles. The van der Waals surface area contributed by atoms with Crippen LogP contribution in [0.2, 0.25) is 0 Å². The van der Waals surface area contributed by atoms with Crippen molar-refractivity contribution in [1.82, 2.24) is 0 Å². The van der Waals surface area contributed by atoms with Crippen molar-refractivity contribution in [3.63, 3.8) is 0 Å². The van der Waals surface area contributed by atoms with E-state index >= 15 is 0 Å². The molecule has 460 valence electrons. The van der Waals surface area contributed by atoms with Crippen LogP contribution < -0.4 is 0 Å². The first-order valence-electron chi connectivity index (χ1n) is 33.7. The molecule has 0 spiro atoms. The average Bonchev–Trinajstić information content (AvgIpc) is 3.47. The van der Waals surface area contributed by atoms with Crippen LogP contribution in [0.5, 0.6) is 0 Å². The smallest absolute Gasteiger partial charge is 0.306 e. The number of hydrogen-bond donors (Lipinski definition) is 0. The number of hydrogen-bond acceptors (Lipinski definition) is 6. The molecule has 1 atom stereocenters. The number of esters is 3. The summed E-state index contributed by atoms with van der Waals surface area (Å²) in [6, 6.07) is 0. The van der Waals surface area contributed by atoms with Gasteiger partial charge >= 0.3 is 17.9 Å². The molecule has 0 aliphatic heterocycles. The van der Waals surface area contributed by atoms with Crippen molar-refractivity contribution < 1.29 is 28.6 Å². The van der Waals surface area contributed by atoms with Crippen LogP contribution in [0.3, 0.4) is 0 Å². The van der Waals surface area contributed by atoms with Gasteiger partial charge in [-0.1, -0.05) is 289 Å². The fraction of sp³-hybridized carbons (Fsp3) is 0.667. The summed E-state index contributed by atoms with van der Waals surface area (Å²) in [6.07, 6.45) is 96.0. The van der Waals surface area contributed by atoms with Gasteiger partial charge < -0.3 is 14.2 Å². The summed E-state index contributed by atoms with van der Waals surface area (Å²) >= 11 is 0. The molecule has 0 N–H and O–H groups in total. The zero-order chi connectivity index (χ0) is 58.5. The summed E-state index contributed by atoms with van der Waals surface area (Å²) in [5, 5.41) is 0. The second-order valence-corrected chi connectivity index (χ2v) is 21.9. The number of unbranched alkanes of at least 4 members (excludes halogenated alkanes) is 27. The lowest BCUT2D eigenvalue weighted by Crippen LogP contribution is -2.30. The topological polar surface area (TPSA) is 78.9 Å². The normalized spacial score (nSPS) is 13.0. The van der Waals surface area contributed by atoms with Crippen molar-refractivity contribution in [1.29, 1.82) is 0 Å². The number of rotatable bonds is 60. The maximum Gasteiger partial charge on any atom is 0.306 e. The standard InChI is InChI=1S/C75H124O6/c1-4-7-10-13-16-19-22-25-28-30-32-34-36-37-39-40-42-44-47-50-53-56-59-62-65-68-74(77)80-71-72(70-79-73(76)67-64-61-58-55-52-49-46-27-24-21-18-15-12-9-6-3)81-75(78)69-66-63-60-57-54-51-48-45-43-41-38-35-33-31-29-26-23-20-17-14-11-8-5-2/h7-12,16-21,25-29,32-35,46,72H,4-6,13-15,22-24,30-31,36-45,47-71H2,1-3H3/b10-7-,11-8-,12-9-,19-16-,20-17-,21-18-,28-25-,29-26-,34-32-,35-33-,46-27-. The molecule has 1 unspecified atom stereocenters. The molecule has 0 aromatic heterocycles. The second-order valence-electron chi connectivity index (χ2n) is 21.9. The first-order valence-corrected chi connectivity index (χ1v) is 33.7. The van der Waals surface area contributed by atoms with Crippen LogP contribution in [0.25, 0.3) is 0 Å². The van der Waals surface area contributed by atoms with Crippen LogP contribution in [0.4, 0.5) is 0 Å². The summed E-state index contributed by atoms with van der Waals surface area (Å²) < 4.78 is 17.0. The van der Waals surface area contributed by atoms with Gasteiger partial charge in [-0.05, 0) is 128 Å². The second kappa shape index (κ2) is 68.1. The minimum Gasteiger partial charge on any atom is -0.462 e. The summed E-state index contributed by atoms with van der Waals surface area (Å²) in [5.41, 5.74) is 0. The van der Waals surface area contributed by atoms with E-state index in [1.807, 2.05) is 0 Å². The molecule has 6 nitrogen and oxygen atoms in total. The molecule has 0 aliphatic rings. The zero-order valence-corrected chi connectivity index (χ0v) is 52.8. The van der Waals surface area contributed by atoms with Crippen molar-refractivity contribution in [3.8, 4) is 0 Å². The Kier molecular flexibility index (Phi) is 64.3. The van der Waals surface area contributed by atoms with Crippen LogP contribution in [0.1, 0.15) is 303 Å². The predicted molar refractivity (Wildman–Crippen MR) is 353 cm³/mol. The lowest BCUT2D eigenvalue weighted by Gasteiger charge is -2.18. The molecule has 0 bridgehead atoms. The quantitative estimate of drug-likeness (QED) is 0.0261. The van der Waals surface area contributed by atoms with E-state index in [1.54, 1.807) is 0 Å². The highest BCUT2D eigenvalue weighted by molar-refractivity contribution is 5.71. The van der Waals surface area contributed by atoms with Crippen molar-refractivity contribution in [2.75, 3.05) is 13.2 Å². The highest BCUT2D eigenvalue weighted by Crippen LogP contribution is 2.16. The third-order valence-corrected chi connectivity index (χ3v) is 14.1. The molecule has 0 heterocycles. The van der Waals surface area contributed by atoms with Crippen LogP contribution in [0.15, 0.2) is 134 Å². The Labute approximate surface area is 500 Å². The van der Waals surface area contributed by atoms with E-state index in [-0.39, 0.29) is 31.1 Å².